The zero-order valence-electron chi connectivity index (χ0n) is 14.2. The van der Waals surface area contributed by atoms with Crippen molar-refractivity contribution in [2.75, 3.05) is 20.2 Å². The monoisotopic (exact) mass is 319 g/mol. The number of para-hydroxylation sites is 1. The molecule has 1 saturated carbocycles. The Morgan fingerprint density at radius 3 is 2.70 bits per heavy atom. The third kappa shape index (κ3) is 5.75. The quantitative estimate of drug-likeness (QED) is 0.555. The number of nitrogens with zero attached hydrogens (tertiary/aromatic N) is 1. The molecule has 128 valence electrons. The molecule has 1 fully saturated rings. The van der Waals surface area contributed by atoms with Gasteiger partial charge < -0.3 is 20.5 Å². The van der Waals surface area contributed by atoms with Gasteiger partial charge in [0.2, 0.25) is 0 Å². The van der Waals surface area contributed by atoms with Crippen molar-refractivity contribution in [2.45, 2.75) is 51.2 Å². The van der Waals surface area contributed by atoms with Crippen LogP contribution < -0.4 is 15.4 Å². The summed E-state index contributed by atoms with van der Waals surface area (Å²) >= 11 is 0. The van der Waals surface area contributed by atoms with Crippen LogP contribution in [0.2, 0.25) is 0 Å². The number of aliphatic hydroxyl groups is 1. The van der Waals surface area contributed by atoms with Crippen LogP contribution in [0.25, 0.3) is 0 Å². The maximum Gasteiger partial charge on any atom is 0.191 e. The Labute approximate surface area is 139 Å². The summed E-state index contributed by atoms with van der Waals surface area (Å²) in [5.41, 5.74) is 1.18. The minimum absolute atomic E-state index is 0.127. The molecule has 5 heteroatoms. The van der Waals surface area contributed by atoms with E-state index in [9.17, 15) is 5.11 Å². The zero-order chi connectivity index (χ0) is 16.5. The molecule has 0 aliphatic heterocycles. The lowest BCUT2D eigenvalue weighted by Gasteiger charge is -2.27. The summed E-state index contributed by atoms with van der Waals surface area (Å²) in [4.78, 5) is 4.67. The predicted octanol–water partition coefficient (Wildman–Crippen LogP) is 2.10. The molecule has 1 aromatic carbocycles. The molecule has 1 aliphatic carbocycles. The third-order valence-corrected chi connectivity index (χ3v) is 4.23. The molecule has 0 unspecified atom stereocenters. The molecular formula is C18H29N3O2. The van der Waals surface area contributed by atoms with E-state index >= 15 is 0 Å². The third-order valence-electron chi connectivity index (χ3n) is 4.23. The van der Waals surface area contributed by atoms with Crippen molar-refractivity contribution in [1.29, 1.82) is 0 Å². The number of aliphatic imine (C=N–C) groups is 1. The molecule has 0 aromatic heterocycles. The SMILES string of the molecule is CCNC(=NCCc1ccccc1OC)NC1CCC(O)CC1. The highest BCUT2D eigenvalue weighted by Gasteiger charge is 2.19. The van der Waals surface area contributed by atoms with Gasteiger partial charge in [0.15, 0.2) is 5.96 Å². The first-order valence-electron chi connectivity index (χ1n) is 8.57. The molecule has 0 bridgehead atoms. The number of rotatable bonds is 6. The summed E-state index contributed by atoms with van der Waals surface area (Å²) in [6.07, 6.45) is 4.47. The van der Waals surface area contributed by atoms with Crippen molar-refractivity contribution in [2.24, 2.45) is 4.99 Å². The molecule has 3 N–H and O–H groups in total. The minimum Gasteiger partial charge on any atom is -0.496 e. The average molecular weight is 319 g/mol. The van der Waals surface area contributed by atoms with Gasteiger partial charge in [-0.15, -0.1) is 0 Å². The van der Waals surface area contributed by atoms with E-state index in [1.807, 2.05) is 18.2 Å². The van der Waals surface area contributed by atoms with Crippen molar-refractivity contribution >= 4 is 5.96 Å². The second-order valence-corrected chi connectivity index (χ2v) is 5.97. The van der Waals surface area contributed by atoms with E-state index in [1.54, 1.807) is 7.11 Å². The van der Waals surface area contributed by atoms with E-state index in [-0.39, 0.29) is 6.10 Å². The van der Waals surface area contributed by atoms with Crippen molar-refractivity contribution < 1.29 is 9.84 Å². The molecule has 5 nitrogen and oxygen atoms in total. The Morgan fingerprint density at radius 2 is 2.00 bits per heavy atom. The summed E-state index contributed by atoms with van der Waals surface area (Å²) < 4.78 is 5.38. The van der Waals surface area contributed by atoms with Gasteiger partial charge in [-0.05, 0) is 50.7 Å². The standard InChI is InChI=1S/C18H29N3O2/c1-3-19-18(21-15-8-10-16(22)11-9-15)20-13-12-14-6-4-5-7-17(14)23-2/h4-7,15-16,22H,3,8-13H2,1-2H3,(H2,19,20,21). The minimum atomic E-state index is -0.127. The topological polar surface area (TPSA) is 65.9 Å². The van der Waals surface area contributed by atoms with E-state index in [0.717, 1.165) is 50.4 Å². The first-order valence-corrected chi connectivity index (χ1v) is 8.57. The van der Waals surface area contributed by atoms with E-state index < -0.39 is 0 Å². The fraction of sp³-hybridized carbons (Fsp3) is 0.611. The van der Waals surface area contributed by atoms with Gasteiger partial charge >= 0.3 is 0 Å². The van der Waals surface area contributed by atoms with E-state index in [4.69, 9.17) is 4.74 Å². The number of nitrogens with one attached hydrogen (secondary N) is 2. The summed E-state index contributed by atoms with van der Waals surface area (Å²) in [5, 5.41) is 16.4. The zero-order valence-corrected chi connectivity index (χ0v) is 14.2. The Bertz CT molecular complexity index is 497. The van der Waals surface area contributed by atoms with Crippen molar-refractivity contribution in [1.82, 2.24) is 10.6 Å². The molecule has 0 atom stereocenters. The fourth-order valence-corrected chi connectivity index (χ4v) is 2.93. The van der Waals surface area contributed by atoms with E-state index in [2.05, 4.69) is 28.6 Å². The van der Waals surface area contributed by atoms with Crippen LogP contribution in [0, 0.1) is 0 Å². The van der Waals surface area contributed by atoms with Crippen LogP contribution in [0.15, 0.2) is 29.3 Å². The summed E-state index contributed by atoms with van der Waals surface area (Å²) in [6, 6.07) is 8.47. The summed E-state index contributed by atoms with van der Waals surface area (Å²) in [7, 11) is 1.70. The van der Waals surface area contributed by atoms with Gasteiger partial charge in [0.1, 0.15) is 5.75 Å². The van der Waals surface area contributed by atoms with Crippen LogP contribution in [0.4, 0.5) is 0 Å². The van der Waals surface area contributed by atoms with Crippen molar-refractivity contribution in [3.8, 4) is 5.75 Å². The molecule has 0 saturated heterocycles. The summed E-state index contributed by atoms with van der Waals surface area (Å²) in [6.45, 7) is 3.63. The maximum absolute atomic E-state index is 9.60. The number of ether oxygens (including phenoxy) is 1. The number of hydrogen-bond acceptors (Lipinski definition) is 3. The number of aliphatic hydroxyl groups excluding tert-OH is 1. The van der Waals surface area contributed by atoms with Gasteiger partial charge in [-0.1, -0.05) is 18.2 Å². The van der Waals surface area contributed by atoms with Gasteiger partial charge in [-0.25, -0.2) is 0 Å². The molecule has 0 amide bonds. The second-order valence-electron chi connectivity index (χ2n) is 5.97. The smallest absolute Gasteiger partial charge is 0.191 e. The van der Waals surface area contributed by atoms with Crippen LogP contribution in [0.3, 0.4) is 0 Å². The Kier molecular flexibility index (Phi) is 7.20. The van der Waals surface area contributed by atoms with Gasteiger partial charge in [0.05, 0.1) is 13.2 Å². The number of methoxy groups -OCH3 is 1. The molecule has 23 heavy (non-hydrogen) atoms. The normalized spacial score (nSPS) is 21.8. The predicted molar refractivity (Wildman–Crippen MR) is 94.1 cm³/mol. The lowest BCUT2D eigenvalue weighted by Crippen LogP contribution is -2.45. The van der Waals surface area contributed by atoms with E-state index in [0.29, 0.717) is 12.6 Å². The van der Waals surface area contributed by atoms with Crippen molar-refractivity contribution in [3.63, 3.8) is 0 Å². The highest BCUT2D eigenvalue weighted by atomic mass is 16.5. The van der Waals surface area contributed by atoms with Crippen LogP contribution in [0.1, 0.15) is 38.2 Å². The molecule has 0 radical (unpaired) electrons. The van der Waals surface area contributed by atoms with Gasteiger partial charge in [0, 0.05) is 19.1 Å². The molecule has 0 heterocycles. The largest absolute Gasteiger partial charge is 0.496 e. The van der Waals surface area contributed by atoms with Crippen LogP contribution in [-0.4, -0.2) is 43.4 Å². The van der Waals surface area contributed by atoms with Crippen molar-refractivity contribution in [3.05, 3.63) is 29.8 Å². The number of hydrogen-bond donors (Lipinski definition) is 3. The Balaban J connectivity index is 1.88. The number of benzene rings is 1. The lowest BCUT2D eigenvalue weighted by atomic mass is 9.93. The van der Waals surface area contributed by atoms with Crippen LogP contribution in [-0.2, 0) is 6.42 Å². The van der Waals surface area contributed by atoms with E-state index in [1.165, 1.54) is 5.56 Å². The highest BCUT2D eigenvalue weighted by Crippen LogP contribution is 2.19. The fourth-order valence-electron chi connectivity index (χ4n) is 2.93. The Hall–Kier alpha value is -1.75. The highest BCUT2D eigenvalue weighted by molar-refractivity contribution is 5.80. The molecule has 0 spiro atoms. The van der Waals surface area contributed by atoms with Gasteiger partial charge in [-0.3, -0.25) is 4.99 Å². The second kappa shape index (κ2) is 9.40. The molecule has 2 rings (SSSR count). The molecule has 1 aromatic rings. The lowest BCUT2D eigenvalue weighted by molar-refractivity contribution is 0.120. The van der Waals surface area contributed by atoms with Gasteiger partial charge in [0.25, 0.3) is 0 Å². The molecular weight excluding hydrogens is 290 g/mol. The Morgan fingerprint density at radius 1 is 1.26 bits per heavy atom. The maximum atomic E-state index is 9.60. The average Bonchev–Trinajstić information content (AvgIpc) is 2.57. The van der Waals surface area contributed by atoms with Crippen LogP contribution in [0.5, 0.6) is 5.75 Å². The van der Waals surface area contributed by atoms with Crippen LogP contribution >= 0.6 is 0 Å². The van der Waals surface area contributed by atoms with Gasteiger partial charge in [-0.2, -0.15) is 0 Å². The first-order chi connectivity index (χ1) is 11.2. The molecule has 1 aliphatic rings. The summed E-state index contributed by atoms with van der Waals surface area (Å²) in [5.74, 6) is 1.78. The number of guanidine groups is 1. The first kappa shape index (κ1) is 17.6.